The van der Waals surface area contributed by atoms with Gasteiger partial charge in [0.25, 0.3) is 10.0 Å². The third-order valence-electron chi connectivity index (χ3n) is 3.33. The van der Waals surface area contributed by atoms with E-state index in [1.165, 1.54) is 37.4 Å². The largest absolute Gasteiger partial charge is 0.496 e. The zero-order chi connectivity index (χ0) is 17.0. The smallest absolute Gasteiger partial charge is 0.335 e. The van der Waals surface area contributed by atoms with Crippen molar-refractivity contribution in [1.29, 1.82) is 0 Å². The molecule has 0 saturated heterocycles. The maximum atomic E-state index is 12.4. The van der Waals surface area contributed by atoms with Crippen molar-refractivity contribution in [2.45, 2.75) is 18.2 Å². The first-order valence-corrected chi connectivity index (χ1v) is 8.38. The number of carbonyl (C=O) groups is 1. The summed E-state index contributed by atoms with van der Waals surface area (Å²) in [6, 6.07) is 10.1. The maximum absolute atomic E-state index is 12.4. The number of hydrogen-bond acceptors (Lipinski definition) is 4. The van der Waals surface area contributed by atoms with E-state index in [0.29, 0.717) is 17.9 Å². The number of hydrogen-bond donors (Lipinski definition) is 2. The van der Waals surface area contributed by atoms with Crippen LogP contribution in [0.4, 0.5) is 5.69 Å². The summed E-state index contributed by atoms with van der Waals surface area (Å²) >= 11 is 0. The van der Waals surface area contributed by atoms with Crippen LogP contribution in [0.3, 0.4) is 0 Å². The molecule has 2 rings (SSSR count). The van der Waals surface area contributed by atoms with Gasteiger partial charge in [-0.1, -0.05) is 6.92 Å². The van der Waals surface area contributed by atoms with E-state index in [-0.39, 0.29) is 10.5 Å². The molecule has 0 spiro atoms. The highest BCUT2D eigenvalue weighted by Gasteiger charge is 2.16. The van der Waals surface area contributed by atoms with Crippen molar-refractivity contribution in [1.82, 2.24) is 0 Å². The zero-order valence-electron chi connectivity index (χ0n) is 12.7. The van der Waals surface area contributed by atoms with Gasteiger partial charge in [-0.05, 0) is 54.4 Å². The molecule has 0 aliphatic heterocycles. The number of methoxy groups -OCH3 is 1. The molecule has 2 aromatic carbocycles. The van der Waals surface area contributed by atoms with Crippen LogP contribution in [0.2, 0.25) is 0 Å². The minimum atomic E-state index is -3.76. The number of rotatable bonds is 6. The second-order valence-corrected chi connectivity index (χ2v) is 6.50. The molecule has 6 nitrogen and oxygen atoms in total. The van der Waals surface area contributed by atoms with Gasteiger partial charge >= 0.3 is 5.97 Å². The number of nitrogens with one attached hydrogen (secondary N) is 1. The van der Waals surface area contributed by atoms with Crippen molar-refractivity contribution >= 4 is 21.7 Å². The predicted molar refractivity (Wildman–Crippen MR) is 86.6 cm³/mol. The van der Waals surface area contributed by atoms with Gasteiger partial charge in [0.2, 0.25) is 0 Å². The van der Waals surface area contributed by atoms with Gasteiger partial charge in [0.15, 0.2) is 0 Å². The van der Waals surface area contributed by atoms with Gasteiger partial charge in [-0.25, -0.2) is 13.2 Å². The highest BCUT2D eigenvalue weighted by Crippen LogP contribution is 2.24. The van der Waals surface area contributed by atoms with Gasteiger partial charge in [0, 0.05) is 5.69 Å². The summed E-state index contributed by atoms with van der Waals surface area (Å²) < 4.78 is 32.5. The monoisotopic (exact) mass is 335 g/mol. The number of anilines is 1. The van der Waals surface area contributed by atoms with E-state index >= 15 is 0 Å². The Morgan fingerprint density at radius 1 is 1.17 bits per heavy atom. The average Bonchev–Trinajstić information content (AvgIpc) is 2.54. The summed E-state index contributed by atoms with van der Waals surface area (Å²) in [5, 5.41) is 8.84. The number of aromatic carboxylic acids is 1. The van der Waals surface area contributed by atoms with Crippen molar-refractivity contribution in [3.8, 4) is 5.75 Å². The summed E-state index contributed by atoms with van der Waals surface area (Å²) in [7, 11) is -2.22. The Morgan fingerprint density at radius 2 is 1.83 bits per heavy atom. The van der Waals surface area contributed by atoms with E-state index in [4.69, 9.17) is 9.84 Å². The SMILES string of the molecule is CCc1cc(S(=O)(=O)Nc2ccc(C(=O)O)cc2)ccc1OC. The third kappa shape index (κ3) is 3.81. The minimum absolute atomic E-state index is 0.0886. The van der Waals surface area contributed by atoms with Crippen molar-refractivity contribution in [3.05, 3.63) is 53.6 Å². The van der Waals surface area contributed by atoms with E-state index < -0.39 is 16.0 Å². The van der Waals surface area contributed by atoms with E-state index in [9.17, 15) is 13.2 Å². The number of carboxylic acids is 1. The number of ether oxygens (including phenoxy) is 1. The van der Waals surface area contributed by atoms with Crippen molar-refractivity contribution in [3.63, 3.8) is 0 Å². The number of sulfonamides is 1. The van der Waals surface area contributed by atoms with E-state index in [2.05, 4.69) is 4.72 Å². The molecule has 0 amide bonds. The minimum Gasteiger partial charge on any atom is -0.496 e. The van der Waals surface area contributed by atoms with Gasteiger partial charge in [-0.15, -0.1) is 0 Å². The van der Waals surface area contributed by atoms with E-state index in [1.54, 1.807) is 12.1 Å². The summed E-state index contributed by atoms with van der Waals surface area (Å²) in [6.45, 7) is 1.91. The summed E-state index contributed by atoms with van der Waals surface area (Å²) in [5.74, 6) is -0.431. The highest BCUT2D eigenvalue weighted by molar-refractivity contribution is 7.92. The second kappa shape index (κ2) is 6.70. The molecule has 0 heterocycles. The topological polar surface area (TPSA) is 92.7 Å². The maximum Gasteiger partial charge on any atom is 0.335 e. The number of carboxylic acid groups (broad SMARTS) is 1. The fraction of sp³-hybridized carbons (Fsp3) is 0.188. The lowest BCUT2D eigenvalue weighted by molar-refractivity contribution is 0.0697. The second-order valence-electron chi connectivity index (χ2n) is 4.82. The highest BCUT2D eigenvalue weighted by atomic mass is 32.2. The van der Waals surface area contributed by atoms with Crippen LogP contribution in [0, 0.1) is 0 Å². The van der Waals surface area contributed by atoms with Crippen LogP contribution in [0.1, 0.15) is 22.8 Å². The average molecular weight is 335 g/mol. The molecule has 23 heavy (non-hydrogen) atoms. The van der Waals surface area contributed by atoms with Crippen LogP contribution in [-0.2, 0) is 16.4 Å². The molecule has 2 N–H and O–H groups in total. The summed E-state index contributed by atoms with van der Waals surface area (Å²) in [4.78, 5) is 10.9. The van der Waals surface area contributed by atoms with E-state index in [0.717, 1.165) is 5.56 Å². The molecule has 2 aromatic rings. The number of benzene rings is 2. The van der Waals surface area contributed by atoms with Crippen LogP contribution < -0.4 is 9.46 Å². The van der Waals surface area contributed by atoms with Crippen LogP contribution in [-0.4, -0.2) is 26.6 Å². The molecule has 0 radical (unpaired) electrons. The lowest BCUT2D eigenvalue weighted by Crippen LogP contribution is -2.13. The fourth-order valence-corrected chi connectivity index (χ4v) is 3.20. The van der Waals surface area contributed by atoms with Crippen molar-refractivity contribution in [2.75, 3.05) is 11.8 Å². The van der Waals surface area contributed by atoms with Crippen LogP contribution >= 0.6 is 0 Å². The van der Waals surface area contributed by atoms with Crippen molar-refractivity contribution < 1.29 is 23.1 Å². The number of aryl methyl sites for hydroxylation is 1. The molecule has 0 unspecified atom stereocenters. The Labute approximate surface area is 134 Å². The fourth-order valence-electron chi connectivity index (χ4n) is 2.09. The Morgan fingerprint density at radius 3 is 2.35 bits per heavy atom. The van der Waals surface area contributed by atoms with Crippen LogP contribution in [0.15, 0.2) is 47.4 Å². The van der Waals surface area contributed by atoms with Gasteiger partial charge in [-0.3, -0.25) is 4.72 Å². The first-order valence-electron chi connectivity index (χ1n) is 6.90. The molecular formula is C16H17NO5S. The quantitative estimate of drug-likeness (QED) is 0.847. The van der Waals surface area contributed by atoms with Gasteiger partial charge in [-0.2, -0.15) is 0 Å². The van der Waals surface area contributed by atoms with Crippen molar-refractivity contribution in [2.24, 2.45) is 0 Å². The molecule has 0 bridgehead atoms. The third-order valence-corrected chi connectivity index (χ3v) is 4.71. The lowest BCUT2D eigenvalue weighted by atomic mass is 10.1. The summed E-state index contributed by atoms with van der Waals surface area (Å²) in [5.41, 5.74) is 1.17. The first-order chi connectivity index (χ1) is 10.9. The molecule has 122 valence electrons. The first kappa shape index (κ1) is 16.8. The van der Waals surface area contributed by atoms with Gasteiger partial charge in [0.1, 0.15) is 5.75 Å². The van der Waals surface area contributed by atoms with Gasteiger partial charge < -0.3 is 9.84 Å². The van der Waals surface area contributed by atoms with Gasteiger partial charge in [0.05, 0.1) is 17.6 Å². The Balaban J connectivity index is 2.29. The lowest BCUT2D eigenvalue weighted by Gasteiger charge is -2.11. The molecule has 0 aromatic heterocycles. The molecular weight excluding hydrogens is 318 g/mol. The molecule has 0 saturated carbocycles. The Kier molecular flexibility index (Phi) is 4.90. The van der Waals surface area contributed by atoms with Crippen LogP contribution in [0.25, 0.3) is 0 Å². The molecule has 0 atom stereocenters. The van der Waals surface area contributed by atoms with Crippen LogP contribution in [0.5, 0.6) is 5.75 Å². The zero-order valence-corrected chi connectivity index (χ0v) is 13.6. The van der Waals surface area contributed by atoms with E-state index in [1.807, 2.05) is 6.92 Å². The standard InChI is InChI=1S/C16H17NO5S/c1-3-11-10-14(8-9-15(11)22-2)23(20,21)17-13-6-4-12(5-7-13)16(18)19/h4-10,17H,3H2,1-2H3,(H,18,19). The molecule has 0 aliphatic rings. The molecule has 0 aliphatic carbocycles. The molecule has 7 heteroatoms. The Bertz CT molecular complexity index is 813. The Hall–Kier alpha value is -2.54. The predicted octanol–water partition coefficient (Wildman–Crippen LogP) is 2.76. The molecule has 0 fully saturated rings. The summed E-state index contributed by atoms with van der Waals surface area (Å²) in [6.07, 6.45) is 0.639. The normalized spacial score (nSPS) is 11.0.